The molecule has 0 radical (unpaired) electrons. The van der Waals surface area contributed by atoms with Crippen LogP contribution in [0.3, 0.4) is 0 Å². The standard InChI is InChI=1S/C17H11ClF3NOS/c1-9-5-6-12-13(7-9)24-15(14(12)18)16(23)22-11-4-2-3-10(8-11)17(19,20)21/h2-8H,1H3,(H,22,23). The SMILES string of the molecule is Cc1ccc2c(Cl)c(C(=O)Nc3cccc(C(F)(F)F)c3)sc2c1. The summed E-state index contributed by atoms with van der Waals surface area (Å²) in [5.41, 5.74) is 0.281. The van der Waals surface area contributed by atoms with Gasteiger partial charge in [-0.15, -0.1) is 11.3 Å². The van der Waals surface area contributed by atoms with Gasteiger partial charge in [-0.05, 0) is 36.8 Å². The summed E-state index contributed by atoms with van der Waals surface area (Å²) in [5.74, 6) is -0.529. The number of carbonyl (C=O) groups is 1. The van der Waals surface area contributed by atoms with E-state index in [1.165, 1.54) is 23.5 Å². The normalized spacial score (nSPS) is 11.7. The van der Waals surface area contributed by atoms with E-state index in [2.05, 4.69) is 5.32 Å². The first-order valence-corrected chi connectivity index (χ1v) is 8.12. The van der Waals surface area contributed by atoms with E-state index < -0.39 is 17.6 Å². The lowest BCUT2D eigenvalue weighted by Gasteiger charge is -2.09. The number of hydrogen-bond acceptors (Lipinski definition) is 2. The third-order valence-corrected chi connectivity index (χ3v) is 5.09. The molecule has 124 valence electrons. The van der Waals surface area contributed by atoms with Crippen LogP contribution in [0.1, 0.15) is 20.8 Å². The number of nitrogens with one attached hydrogen (secondary N) is 1. The Kier molecular flexibility index (Phi) is 4.27. The first-order valence-electron chi connectivity index (χ1n) is 6.93. The monoisotopic (exact) mass is 369 g/mol. The van der Waals surface area contributed by atoms with Crippen molar-refractivity contribution in [2.24, 2.45) is 0 Å². The Morgan fingerprint density at radius 2 is 1.92 bits per heavy atom. The Morgan fingerprint density at radius 1 is 1.17 bits per heavy atom. The summed E-state index contributed by atoms with van der Waals surface area (Å²) in [6, 6.07) is 10.1. The number of anilines is 1. The van der Waals surface area contributed by atoms with Crippen molar-refractivity contribution < 1.29 is 18.0 Å². The van der Waals surface area contributed by atoms with Gasteiger partial charge in [-0.2, -0.15) is 13.2 Å². The second-order valence-electron chi connectivity index (χ2n) is 5.28. The average molecular weight is 370 g/mol. The van der Waals surface area contributed by atoms with E-state index in [1.807, 2.05) is 25.1 Å². The van der Waals surface area contributed by atoms with Crippen molar-refractivity contribution >= 4 is 44.6 Å². The summed E-state index contributed by atoms with van der Waals surface area (Å²) < 4.78 is 39.1. The first-order chi connectivity index (χ1) is 11.3. The number of halogens is 4. The van der Waals surface area contributed by atoms with Crippen LogP contribution in [0.5, 0.6) is 0 Å². The highest BCUT2D eigenvalue weighted by Gasteiger charge is 2.30. The van der Waals surface area contributed by atoms with E-state index in [1.54, 1.807) is 0 Å². The van der Waals surface area contributed by atoms with E-state index in [9.17, 15) is 18.0 Å². The Labute approximate surface area is 144 Å². The number of benzene rings is 2. The van der Waals surface area contributed by atoms with E-state index in [4.69, 9.17) is 11.6 Å². The molecule has 7 heteroatoms. The van der Waals surface area contributed by atoms with Crippen LogP contribution in [0.4, 0.5) is 18.9 Å². The predicted molar refractivity (Wildman–Crippen MR) is 91.0 cm³/mol. The van der Waals surface area contributed by atoms with Gasteiger partial charge in [-0.3, -0.25) is 4.79 Å². The van der Waals surface area contributed by atoms with Crippen LogP contribution in [0.15, 0.2) is 42.5 Å². The number of fused-ring (bicyclic) bond motifs is 1. The predicted octanol–water partition coefficient (Wildman–Crippen LogP) is 6.13. The van der Waals surface area contributed by atoms with E-state index in [0.717, 1.165) is 27.8 Å². The fourth-order valence-electron chi connectivity index (χ4n) is 2.28. The van der Waals surface area contributed by atoms with Crippen molar-refractivity contribution in [2.45, 2.75) is 13.1 Å². The number of thiophene rings is 1. The molecule has 3 aromatic rings. The third kappa shape index (κ3) is 3.25. The summed E-state index contributed by atoms with van der Waals surface area (Å²) >= 11 is 7.45. The molecule has 2 aromatic carbocycles. The Bertz CT molecular complexity index is 933. The zero-order valence-electron chi connectivity index (χ0n) is 12.4. The summed E-state index contributed by atoms with van der Waals surface area (Å²) in [5, 5.41) is 3.53. The van der Waals surface area contributed by atoms with Gasteiger partial charge in [0.25, 0.3) is 5.91 Å². The van der Waals surface area contributed by atoms with Crippen LogP contribution >= 0.6 is 22.9 Å². The molecule has 0 saturated heterocycles. The van der Waals surface area contributed by atoms with Crippen LogP contribution in [-0.4, -0.2) is 5.91 Å². The number of aryl methyl sites for hydroxylation is 1. The maximum atomic E-state index is 12.7. The topological polar surface area (TPSA) is 29.1 Å². The first kappa shape index (κ1) is 16.8. The van der Waals surface area contributed by atoms with E-state index >= 15 is 0 Å². The molecule has 2 nitrogen and oxygen atoms in total. The molecule has 0 atom stereocenters. The second-order valence-corrected chi connectivity index (χ2v) is 6.71. The maximum absolute atomic E-state index is 12.7. The smallest absolute Gasteiger partial charge is 0.321 e. The van der Waals surface area contributed by atoms with Crippen LogP contribution in [0.25, 0.3) is 10.1 Å². The van der Waals surface area contributed by atoms with Gasteiger partial charge in [-0.25, -0.2) is 0 Å². The molecule has 3 rings (SSSR count). The molecule has 0 saturated carbocycles. The van der Waals surface area contributed by atoms with Gasteiger partial charge in [0.1, 0.15) is 4.88 Å². The lowest BCUT2D eigenvalue weighted by atomic mass is 10.2. The number of alkyl halides is 3. The van der Waals surface area contributed by atoms with Gasteiger partial charge in [0.05, 0.1) is 10.6 Å². The third-order valence-electron chi connectivity index (χ3n) is 3.44. The fraction of sp³-hybridized carbons (Fsp3) is 0.118. The van der Waals surface area contributed by atoms with E-state index in [-0.39, 0.29) is 10.6 Å². The largest absolute Gasteiger partial charge is 0.416 e. The molecule has 0 bridgehead atoms. The molecule has 1 amide bonds. The van der Waals surface area contributed by atoms with Crippen molar-refractivity contribution in [3.8, 4) is 0 Å². The quantitative estimate of drug-likeness (QED) is 0.578. The average Bonchev–Trinajstić information content (AvgIpc) is 2.83. The fourth-order valence-corrected chi connectivity index (χ4v) is 3.79. The molecule has 0 fully saturated rings. The van der Waals surface area contributed by atoms with Gasteiger partial charge in [-0.1, -0.05) is 29.8 Å². The number of rotatable bonds is 2. The van der Waals surface area contributed by atoms with Crippen LogP contribution < -0.4 is 5.32 Å². The molecular weight excluding hydrogens is 359 g/mol. The summed E-state index contributed by atoms with van der Waals surface area (Å²) in [4.78, 5) is 12.7. The van der Waals surface area contributed by atoms with Gasteiger partial charge in [0.2, 0.25) is 0 Å². The maximum Gasteiger partial charge on any atom is 0.416 e. The number of amides is 1. The molecule has 1 N–H and O–H groups in total. The van der Waals surface area contributed by atoms with Gasteiger partial charge >= 0.3 is 6.18 Å². The van der Waals surface area contributed by atoms with Crippen molar-refractivity contribution in [1.82, 2.24) is 0 Å². The number of carbonyl (C=O) groups excluding carboxylic acids is 1. The zero-order chi connectivity index (χ0) is 17.5. The highest BCUT2D eigenvalue weighted by atomic mass is 35.5. The minimum atomic E-state index is -4.46. The second kappa shape index (κ2) is 6.11. The Balaban J connectivity index is 1.92. The van der Waals surface area contributed by atoms with Crippen molar-refractivity contribution in [3.05, 3.63) is 63.5 Å². The molecule has 0 unspecified atom stereocenters. The minimum Gasteiger partial charge on any atom is -0.321 e. The molecule has 0 aliphatic carbocycles. The van der Waals surface area contributed by atoms with Crippen LogP contribution in [0.2, 0.25) is 5.02 Å². The summed E-state index contributed by atoms with van der Waals surface area (Å²) in [7, 11) is 0. The van der Waals surface area contributed by atoms with Crippen LogP contribution in [0, 0.1) is 6.92 Å². The summed E-state index contributed by atoms with van der Waals surface area (Å²) in [6.45, 7) is 1.93. The Hall–Kier alpha value is -2.05. The molecule has 24 heavy (non-hydrogen) atoms. The lowest BCUT2D eigenvalue weighted by Crippen LogP contribution is -2.12. The highest BCUT2D eigenvalue weighted by Crippen LogP contribution is 2.36. The molecule has 1 heterocycles. The zero-order valence-corrected chi connectivity index (χ0v) is 13.9. The van der Waals surface area contributed by atoms with Gasteiger partial charge in [0, 0.05) is 15.8 Å². The van der Waals surface area contributed by atoms with Crippen molar-refractivity contribution in [2.75, 3.05) is 5.32 Å². The van der Waals surface area contributed by atoms with Crippen molar-refractivity contribution in [1.29, 1.82) is 0 Å². The molecule has 1 aromatic heterocycles. The Morgan fingerprint density at radius 3 is 2.62 bits per heavy atom. The van der Waals surface area contributed by atoms with E-state index in [0.29, 0.717) is 5.02 Å². The van der Waals surface area contributed by atoms with Crippen LogP contribution in [-0.2, 0) is 6.18 Å². The number of hydrogen-bond donors (Lipinski definition) is 1. The highest BCUT2D eigenvalue weighted by molar-refractivity contribution is 7.21. The van der Waals surface area contributed by atoms with Gasteiger partial charge < -0.3 is 5.32 Å². The molecule has 0 aliphatic rings. The minimum absolute atomic E-state index is 0.0690. The molecule has 0 aliphatic heterocycles. The molecular formula is C17H11ClF3NOS. The lowest BCUT2D eigenvalue weighted by molar-refractivity contribution is -0.137. The van der Waals surface area contributed by atoms with Crippen molar-refractivity contribution in [3.63, 3.8) is 0 Å². The van der Waals surface area contributed by atoms with Gasteiger partial charge in [0.15, 0.2) is 0 Å². The summed E-state index contributed by atoms with van der Waals surface area (Å²) in [6.07, 6.45) is -4.46. The molecule has 0 spiro atoms.